The summed E-state index contributed by atoms with van der Waals surface area (Å²) in [5, 5.41) is 9.70. The van der Waals surface area contributed by atoms with E-state index in [2.05, 4.69) is 29.2 Å². The van der Waals surface area contributed by atoms with Gasteiger partial charge in [-0.2, -0.15) is 0 Å². The first kappa shape index (κ1) is 13.8. The van der Waals surface area contributed by atoms with E-state index in [-0.39, 0.29) is 5.75 Å². The SMILES string of the molecule is COc1cc(CN2CCCCc3ccccc32)ccc1O. The van der Waals surface area contributed by atoms with Gasteiger partial charge in [0.05, 0.1) is 7.11 Å². The van der Waals surface area contributed by atoms with Gasteiger partial charge < -0.3 is 14.7 Å². The molecule has 1 aliphatic rings. The summed E-state index contributed by atoms with van der Waals surface area (Å²) in [4.78, 5) is 2.42. The highest BCUT2D eigenvalue weighted by Gasteiger charge is 2.15. The first-order valence-corrected chi connectivity index (χ1v) is 7.46. The zero-order valence-electron chi connectivity index (χ0n) is 12.4. The molecule has 21 heavy (non-hydrogen) atoms. The topological polar surface area (TPSA) is 32.7 Å². The minimum atomic E-state index is 0.192. The van der Waals surface area contributed by atoms with E-state index in [4.69, 9.17) is 4.74 Å². The number of rotatable bonds is 3. The molecule has 0 saturated heterocycles. The van der Waals surface area contributed by atoms with Crippen molar-refractivity contribution in [2.24, 2.45) is 0 Å². The van der Waals surface area contributed by atoms with Crippen molar-refractivity contribution in [3.63, 3.8) is 0 Å². The van der Waals surface area contributed by atoms with E-state index >= 15 is 0 Å². The van der Waals surface area contributed by atoms with Gasteiger partial charge in [-0.25, -0.2) is 0 Å². The number of benzene rings is 2. The number of methoxy groups -OCH3 is 1. The molecule has 0 saturated carbocycles. The maximum Gasteiger partial charge on any atom is 0.160 e. The summed E-state index contributed by atoms with van der Waals surface area (Å²) in [6.07, 6.45) is 3.61. The van der Waals surface area contributed by atoms with Crippen molar-refractivity contribution in [1.29, 1.82) is 0 Å². The molecule has 3 heteroatoms. The molecule has 2 aromatic carbocycles. The molecule has 0 fully saturated rings. The van der Waals surface area contributed by atoms with E-state index in [1.54, 1.807) is 13.2 Å². The van der Waals surface area contributed by atoms with Gasteiger partial charge in [0.2, 0.25) is 0 Å². The standard InChI is InChI=1S/C18H21NO2/c1-21-18-12-14(9-10-17(18)20)13-19-11-5-4-7-15-6-2-3-8-16(15)19/h2-3,6,8-10,12,20H,4-5,7,11,13H2,1H3. The number of phenols is 1. The summed E-state index contributed by atoms with van der Waals surface area (Å²) in [7, 11) is 1.58. The molecular formula is C18H21NO2. The first-order valence-electron chi connectivity index (χ1n) is 7.46. The molecule has 1 N–H and O–H groups in total. The van der Waals surface area contributed by atoms with Gasteiger partial charge in [-0.1, -0.05) is 24.3 Å². The predicted octanol–water partition coefficient (Wildman–Crippen LogP) is 3.74. The fourth-order valence-corrected chi connectivity index (χ4v) is 2.97. The van der Waals surface area contributed by atoms with Gasteiger partial charge in [0, 0.05) is 18.8 Å². The second-order valence-corrected chi connectivity index (χ2v) is 5.51. The second-order valence-electron chi connectivity index (χ2n) is 5.51. The van der Waals surface area contributed by atoms with Crippen molar-refractivity contribution in [2.75, 3.05) is 18.6 Å². The van der Waals surface area contributed by atoms with E-state index < -0.39 is 0 Å². The molecule has 0 radical (unpaired) electrons. The molecule has 1 aliphatic heterocycles. The van der Waals surface area contributed by atoms with Crippen molar-refractivity contribution >= 4 is 5.69 Å². The van der Waals surface area contributed by atoms with Gasteiger partial charge >= 0.3 is 0 Å². The second kappa shape index (κ2) is 6.08. The van der Waals surface area contributed by atoms with Gasteiger partial charge in [-0.3, -0.25) is 0 Å². The Kier molecular flexibility index (Phi) is 4.00. The molecule has 3 nitrogen and oxygen atoms in total. The molecule has 0 aromatic heterocycles. The number of fused-ring (bicyclic) bond motifs is 1. The first-order chi connectivity index (χ1) is 10.3. The Hall–Kier alpha value is -2.16. The summed E-state index contributed by atoms with van der Waals surface area (Å²) in [5.74, 6) is 0.730. The highest BCUT2D eigenvalue weighted by atomic mass is 16.5. The molecule has 0 amide bonds. The lowest BCUT2D eigenvalue weighted by Gasteiger charge is -2.25. The van der Waals surface area contributed by atoms with Gasteiger partial charge in [0.25, 0.3) is 0 Å². The van der Waals surface area contributed by atoms with Crippen LogP contribution in [0.5, 0.6) is 11.5 Å². The smallest absolute Gasteiger partial charge is 0.160 e. The molecule has 1 heterocycles. The number of aromatic hydroxyl groups is 1. The van der Waals surface area contributed by atoms with Crippen LogP contribution in [0.4, 0.5) is 5.69 Å². The molecule has 110 valence electrons. The number of aryl methyl sites for hydroxylation is 1. The van der Waals surface area contributed by atoms with Crippen molar-refractivity contribution < 1.29 is 9.84 Å². The Bertz CT molecular complexity index is 624. The van der Waals surface area contributed by atoms with Crippen LogP contribution in [-0.2, 0) is 13.0 Å². The van der Waals surface area contributed by atoms with Crippen LogP contribution in [0.1, 0.15) is 24.0 Å². The van der Waals surface area contributed by atoms with Crippen LogP contribution in [0.2, 0.25) is 0 Å². The maximum atomic E-state index is 9.70. The van der Waals surface area contributed by atoms with Crippen molar-refractivity contribution in [3.8, 4) is 11.5 Å². The minimum absolute atomic E-state index is 0.192. The number of nitrogens with zero attached hydrogens (tertiary/aromatic N) is 1. The lowest BCUT2D eigenvalue weighted by molar-refractivity contribution is 0.373. The Morgan fingerprint density at radius 2 is 2.00 bits per heavy atom. The predicted molar refractivity (Wildman–Crippen MR) is 85.1 cm³/mol. The van der Waals surface area contributed by atoms with Crippen LogP contribution >= 0.6 is 0 Å². The Balaban J connectivity index is 1.87. The third kappa shape index (κ3) is 2.97. The van der Waals surface area contributed by atoms with Crippen molar-refractivity contribution in [1.82, 2.24) is 0 Å². The molecule has 0 spiro atoms. The normalized spacial score (nSPS) is 14.4. The van der Waals surface area contributed by atoms with E-state index in [9.17, 15) is 5.11 Å². The average molecular weight is 283 g/mol. The van der Waals surface area contributed by atoms with Gasteiger partial charge in [0.1, 0.15) is 0 Å². The summed E-state index contributed by atoms with van der Waals surface area (Å²) in [6.45, 7) is 1.91. The van der Waals surface area contributed by atoms with Crippen LogP contribution in [0, 0.1) is 0 Å². The summed E-state index contributed by atoms with van der Waals surface area (Å²) < 4.78 is 5.20. The Labute approximate surface area is 125 Å². The summed E-state index contributed by atoms with van der Waals surface area (Å²) in [5.41, 5.74) is 3.92. The quantitative estimate of drug-likeness (QED) is 0.931. The number of hydrogen-bond acceptors (Lipinski definition) is 3. The average Bonchev–Trinajstić information content (AvgIpc) is 2.72. The van der Waals surface area contributed by atoms with Crippen LogP contribution < -0.4 is 9.64 Å². The molecule has 0 unspecified atom stereocenters. The fraction of sp³-hybridized carbons (Fsp3) is 0.333. The zero-order chi connectivity index (χ0) is 14.7. The van der Waals surface area contributed by atoms with Crippen LogP contribution in [0.15, 0.2) is 42.5 Å². The largest absolute Gasteiger partial charge is 0.504 e. The van der Waals surface area contributed by atoms with E-state index in [1.165, 1.54) is 24.1 Å². The Morgan fingerprint density at radius 3 is 2.86 bits per heavy atom. The van der Waals surface area contributed by atoms with Gasteiger partial charge in [0.15, 0.2) is 11.5 Å². The zero-order valence-corrected chi connectivity index (χ0v) is 12.4. The number of para-hydroxylation sites is 1. The molecule has 3 rings (SSSR count). The van der Waals surface area contributed by atoms with E-state index in [1.807, 2.05) is 12.1 Å². The molecule has 0 bridgehead atoms. The van der Waals surface area contributed by atoms with E-state index in [0.29, 0.717) is 5.75 Å². The van der Waals surface area contributed by atoms with Crippen molar-refractivity contribution in [2.45, 2.75) is 25.8 Å². The van der Waals surface area contributed by atoms with Gasteiger partial charge in [-0.05, 0) is 48.6 Å². The van der Waals surface area contributed by atoms with Crippen molar-refractivity contribution in [3.05, 3.63) is 53.6 Å². The molecular weight excluding hydrogens is 262 g/mol. The molecule has 2 aromatic rings. The fourth-order valence-electron chi connectivity index (χ4n) is 2.97. The molecule has 0 aliphatic carbocycles. The highest BCUT2D eigenvalue weighted by Crippen LogP contribution is 2.30. The van der Waals surface area contributed by atoms with Gasteiger partial charge in [-0.15, -0.1) is 0 Å². The monoisotopic (exact) mass is 283 g/mol. The number of hydrogen-bond donors (Lipinski definition) is 1. The van der Waals surface area contributed by atoms with Crippen LogP contribution in [0.25, 0.3) is 0 Å². The molecule has 0 atom stereocenters. The maximum absolute atomic E-state index is 9.70. The summed E-state index contributed by atoms with van der Waals surface area (Å²) in [6, 6.07) is 14.2. The minimum Gasteiger partial charge on any atom is -0.504 e. The number of anilines is 1. The van der Waals surface area contributed by atoms with E-state index in [0.717, 1.165) is 25.1 Å². The summed E-state index contributed by atoms with van der Waals surface area (Å²) >= 11 is 0. The lowest BCUT2D eigenvalue weighted by Crippen LogP contribution is -2.23. The highest BCUT2D eigenvalue weighted by molar-refractivity contribution is 5.55. The Morgan fingerprint density at radius 1 is 1.14 bits per heavy atom. The lowest BCUT2D eigenvalue weighted by atomic mass is 10.1. The van der Waals surface area contributed by atoms with Crippen LogP contribution in [0.3, 0.4) is 0 Å². The number of ether oxygens (including phenoxy) is 1. The number of phenolic OH excluding ortho intramolecular Hbond substituents is 1. The third-order valence-corrected chi connectivity index (χ3v) is 4.07. The van der Waals surface area contributed by atoms with Crippen LogP contribution in [-0.4, -0.2) is 18.8 Å². The third-order valence-electron chi connectivity index (χ3n) is 4.07.